The first-order chi connectivity index (χ1) is 15.1. The van der Waals surface area contributed by atoms with Crippen molar-refractivity contribution in [2.75, 3.05) is 33.9 Å². The number of hydrogen-bond donors (Lipinski definition) is 2. The number of nitrogens with zero attached hydrogens (tertiary/aromatic N) is 2. The molecule has 1 amide bonds. The van der Waals surface area contributed by atoms with E-state index >= 15 is 0 Å². The lowest BCUT2D eigenvalue weighted by molar-refractivity contribution is 0.0724. The fourth-order valence-corrected chi connectivity index (χ4v) is 3.64. The van der Waals surface area contributed by atoms with Crippen LogP contribution < -0.4 is 20.5 Å². The molecule has 31 heavy (non-hydrogen) atoms. The molecule has 7 heteroatoms. The lowest BCUT2D eigenvalue weighted by Gasteiger charge is -2.26. The van der Waals surface area contributed by atoms with Crippen LogP contribution in [-0.4, -0.2) is 50.6 Å². The zero-order valence-corrected chi connectivity index (χ0v) is 18.4. The van der Waals surface area contributed by atoms with Crippen LogP contribution in [0.3, 0.4) is 0 Å². The largest absolute Gasteiger partial charge is 0.493 e. The Morgan fingerprint density at radius 3 is 2.35 bits per heavy atom. The summed E-state index contributed by atoms with van der Waals surface area (Å²) in [6.07, 6.45) is 4.18. The van der Waals surface area contributed by atoms with Gasteiger partial charge < -0.3 is 25.4 Å². The summed E-state index contributed by atoms with van der Waals surface area (Å²) in [6, 6.07) is 13.5. The molecule has 0 saturated carbocycles. The van der Waals surface area contributed by atoms with Crippen LogP contribution in [0.4, 0.5) is 0 Å². The first kappa shape index (κ1) is 22.5. The molecule has 0 bridgehead atoms. The number of piperidine rings is 1. The van der Waals surface area contributed by atoms with Crippen molar-refractivity contribution in [1.29, 1.82) is 0 Å². The van der Waals surface area contributed by atoms with Gasteiger partial charge in [0.15, 0.2) is 17.5 Å². The summed E-state index contributed by atoms with van der Waals surface area (Å²) in [5.41, 5.74) is 8.86. The quantitative estimate of drug-likeness (QED) is 0.502. The molecule has 1 fully saturated rings. The highest BCUT2D eigenvalue weighted by molar-refractivity contribution is 5.94. The Bertz CT molecular complexity index is 890. The maximum atomic E-state index is 12.5. The van der Waals surface area contributed by atoms with Gasteiger partial charge in [0.05, 0.1) is 20.8 Å². The average molecular weight is 425 g/mol. The van der Waals surface area contributed by atoms with E-state index in [1.807, 2.05) is 47.4 Å². The van der Waals surface area contributed by atoms with Crippen LogP contribution in [0.15, 0.2) is 47.5 Å². The van der Waals surface area contributed by atoms with E-state index in [9.17, 15) is 4.79 Å². The van der Waals surface area contributed by atoms with Crippen molar-refractivity contribution < 1.29 is 14.3 Å². The lowest BCUT2D eigenvalue weighted by atomic mass is 10.1. The minimum Gasteiger partial charge on any atom is -0.493 e. The molecular formula is C24H32N4O3. The van der Waals surface area contributed by atoms with Crippen molar-refractivity contribution in [1.82, 2.24) is 10.2 Å². The van der Waals surface area contributed by atoms with Crippen molar-refractivity contribution in [2.24, 2.45) is 10.7 Å². The molecule has 0 aliphatic carbocycles. The molecule has 0 unspecified atom stereocenters. The standard InChI is InChI=1S/C24H32N4O3/c1-30-21-11-8-18(16-22(21)31-2)12-13-26-24(25)27-17-19-6-9-20(10-7-19)23(29)28-14-4-3-5-15-28/h6-11,16H,3-5,12-15,17H2,1-2H3,(H3,25,26,27). The number of benzene rings is 2. The number of carbonyl (C=O) groups is 1. The van der Waals surface area contributed by atoms with Gasteiger partial charge in [-0.15, -0.1) is 0 Å². The molecular weight excluding hydrogens is 392 g/mol. The number of ether oxygens (including phenoxy) is 2. The fourth-order valence-electron chi connectivity index (χ4n) is 3.64. The minimum absolute atomic E-state index is 0.117. The number of carbonyl (C=O) groups excluding carboxylic acids is 1. The third-order valence-electron chi connectivity index (χ3n) is 5.44. The van der Waals surface area contributed by atoms with E-state index in [-0.39, 0.29) is 5.91 Å². The lowest BCUT2D eigenvalue weighted by Crippen LogP contribution is -2.35. The highest BCUT2D eigenvalue weighted by Crippen LogP contribution is 2.27. The van der Waals surface area contributed by atoms with Crippen molar-refractivity contribution in [3.05, 3.63) is 59.2 Å². The zero-order chi connectivity index (χ0) is 22.1. The zero-order valence-electron chi connectivity index (χ0n) is 18.4. The molecule has 1 saturated heterocycles. The number of nitrogens with one attached hydrogen (secondary N) is 1. The van der Waals surface area contributed by atoms with E-state index in [1.54, 1.807) is 14.2 Å². The predicted octanol–water partition coefficient (Wildman–Crippen LogP) is 2.98. The number of guanidine groups is 1. The molecule has 0 spiro atoms. The molecule has 2 aromatic rings. The van der Waals surface area contributed by atoms with Gasteiger partial charge in [0.25, 0.3) is 5.91 Å². The second-order valence-corrected chi connectivity index (χ2v) is 7.62. The maximum absolute atomic E-state index is 12.5. The van der Waals surface area contributed by atoms with Crippen LogP contribution in [0.5, 0.6) is 11.5 Å². The second-order valence-electron chi connectivity index (χ2n) is 7.62. The van der Waals surface area contributed by atoms with Gasteiger partial charge in [-0.1, -0.05) is 18.2 Å². The molecule has 0 radical (unpaired) electrons. The summed E-state index contributed by atoms with van der Waals surface area (Å²) < 4.78 is 10.6. The van der Waals surface area contributed by atoms with Crippen LogP contribution in [-0.2, 0) is 13.0 Å². The summed E-state index contributed by atoms with van der Waals surface area (Å²) in [5.74, 6) is 1.94. The summed E-state index contributed by atoms with van der Waals surface area (Å²) in [5, 5.41) is 3.13. The molecule has 1 aliphatic rings. The van der Waals surface area contributed by atoms with Crippen molar-refractivity contribution in [3.63, 3.8) is 0 Å². The third-order valence-corrected chi connectivity index (χ3v) is 5.44. The van der Waals surface area contributed by atoms with Crippen LogP contribution in [0, 0.1) is 0 Å². The minimum atomic E-state index is 0.117. The molecule has 3 N–H and O–H groups in total. The number of hydrogen-bond acceptors (Lipinski definition) is 4. The molecule has 1 aliphatic heterocycles. The Morgan fingerprint density at radius 1 is 1.00 bits per heavy atom. The van der Waals surface area contributed by atoms with Gasteiger partial charge in [-0.3, -0.25) is 4.79 Å². The molecule has 3 rings (SSSR count). The van der Waals surface area contributed by atoms with Crippen molar-refractivity contribution in [3.8, 4) is 11.5 Å². The van der Waals surface area contributed by atoms with E-state index in [1.165, 1.54) is 6.42 Å². The molecule has 0 atom stereocenters. The van der Waals surface area contributed by atoms with E-state index in [4.69, 9.17) is 15.2 Å². The second kappa shape index (κ2) is 11.2. The number of methoxy groups -OCH3 is 2. The Balaban J connectivity index is 1.46. The Morgan fingerprint density at radius 2 is 1.68 bits per heavy atom. The van der Waals surface area contributed by atoms with Crippen LogP contribution >= 0.6 is 0 Å². The molecule has 7 nitrogen and oxygen atoms in total. The number of likely N-dealkylation sites (tertiary alicyclic amines) is 1. The van der Waals surface area contributed by atoms with Gasteiger partial charge in [-0.05, 0) is 61.1 Å². The van der Waals surface area contributed by atoms with Gasteiger partial charge in [0.2, 0.25) is 0 Å². The first-order valence-corrected chi connectivity index (χ1v) is 10.7. The van der Waals surface area contributed by atoms with Gasteiger partial charge in [-0.25, -0.2) is 4.99 Å². The third kappa shape index (κ3) is 6.38. The number of rotatable bonds is 8. The first-order valence-electron chi connectivity index (χ1n) is 10.7. The van der Waals surface area contributed by atoms with E-state index in [2.05, 4.69) is 10.3 Å². The van der Waals surface area contributed by atoms with Gasteiger partial charge in [0.1, 0.15) is 0 Å². The van der Waals surface area contributed by atoms with E-state index in [0.29, 0.717) is 30.5 Å². The van der Waals surface area contributed by atoms with Crippen LogP contribution in [0.2, 0.25) is 0 Å². The molecule has 0 aromatic heterocycles. The Kier molecular flexibility index (Phi) is 8.15. The molecule has 1 heterocycles. The SMILES string of the molecule is COc1ccc(CCNC(N)=NCc2ccc(C(=O)N3CCCCC3)cc2)cc1OC. The van der Waals surface area contributed by atoms with E-state index < -0.39 is 0 Å². The van der Waals surface area contributed by atoms with Crippen molar-refractivity contribution >= 4 is 11.9 Å². The Hall–Kier alpha value is -3.22. The van der Waals surface area contributed by atoms with Gasteiger partial charge in [0, 0.05) is 25.2 Å². The van der Waals surface area contributed by atoms with E-state index in [0.717, 1.165) is 49.0 Å². The summed E-state index contributed by atoms with van der Waals surface area (Å²) in [4.78, 5) is 18.9. The van der Waals surface area contributed by atoms with Gasteiger partial charge >= 0.3 is 0 Å². The normalized spacial score (nSPS) is 14.3. The topological polar surface area (TPSA) is 89.2 Å². The number of nitrogens with two attached hydrogens (primary N) is 1. The van der Waals surface area contributed by atoms with Gasteiger partial charge in [-0.2, -0.15) is 0 Å². The number of aliphatic imine (C=N–C) groups is 1. The number of amides is 1. The predicted molar refractivity (Wildman–Crippen MR) is 123 cm³/mol. The van der Waals surface area contributed by atoms with Crippen LogP contribution in [0.25, 0.3) is 0 Å². The maximum Gasteiger partial charge on any atom is 0.253 e. The fraction of sp³-hybridized carbons (Fsp3) is 0.417. The Labute approximate surface area is 184 Å². The molecule has 2 aromatic carbocycles. The monoisotopic (exact) mass is 424 g/mol. The highest BCUT2D eigenvalue weighted by atomic mass is 16.5. The highest BCUT2D eigenvalue weighted by Gasteiger charge is 2.17. The van der Waals surface area contributed by atoms with Crippen molar-refractivity contribution in [2.45, 2.75) is 32.2 Å². The molecule has 166 valence electrons. The summed E-state index contributed by atoms with van der Waals surface area (Å²) >= 11 is 0. The summed E-state index contributed by atoms with van der Waals surface area (Å²) in [7, 11) is 3.25. The smallest absolute Gasteiger partial charge is 0.253 e. The van der Waals surface area contributed by atoms with Crippen LogP contribution in [0.1, 0.15) is 40.7 Å². The summed E-state index contributed by atoms with van der Waals surface area (Å²) in [6.45, 7) is 2.84. The average Bonchev–Trinajstić information content (AvgIpc) is 2.83.